The van der Waals surface area contributed by atoms with Crippen molar-refractivity contribution in [2.24, 2.45) is 5.10 Å². The van der Waals surface area contributed by atoms with E-state index < -0.39 is 0 Å². The topological polar surface area (TPSA) is 37.3 Å². The van der Waals surface area contributed by atoms with Crippen LogP contribution < -0.4 is 5.43 Å². The molecule has 0 aliphatic heterocycles. The minimum absolute atomic E-state index is 0.704. The minimum Gasteiger partial charge on any atom is -0.261 e. The van der Waals surface area contributed by atoms with Gasteiger partial charge in [-0.1, -0.05) is 29.8 Å². The Bertz CT molecular complexity index is 523. The largest absolute Gasteiger partial charge is 0.261 e. The first-order valence-corrected chi connectivity index (χ1v) is 5.61. The summed E-state index contributed by atoms with van der Waals surface area (Å²) in [4.78, 5) is 4.12. The van der Waals surface area contributed by atoms with Crippen molar-refractivity contribution in [1.82, 2.24) is 4.98 Å². The van der Waals surface area contributed by atoms with E-state index in [9.17, 15) is 0 Å². The average Bonchev–Trinajstić information content (AvgIpc) is 2.37. The van der Waals surface area contributed by atoms with E-state index in [1.165, 1.54) is 0 Å². The number of aromatic nitrogens is 1. The summed E-state index contributed by atoms with van der Waals surface area (Å²) in [7, 11) is 0. The van der Waals surface area contributed by atoms with Gasteiger partial charge in [0.25, 0.3) is 0 Å². The van der Waals surface area contributed by atoms with E-state index in [1.54, 1.807) is 6.20 Å². The number of hydrogen-bond donors (Lipinski definition) is 1. The highest BCUT2D eigenvalue weighted by Crippen LogP contribution is 2.11. The Morgan fingerprint density at radius 2 is 2.12 bits per heavy atom. The summed E-state index contributed by atoms with van der Waals surface area (Å²) >= 11 is 5.92. The molecule has 17 heavy (non-hydrogen) atoms. The summed E-state index contributed by atoms with van der Waals surface area (Å²) in [5.41, 5.74) is 4.74. The Morgan fingerprint density at radius 3 is 2.82 bits per heavy atom. The van der Waals surface area contributed by atoms with E-state index in [0.29, 0.717) is 10.8 Å². The van der Waals surface area contributed by atoms with Crippen LogP contribution in [0, 0.1) is 0 Å². The zero-order valence-corrected chi connectivity index (χ0v) is 10.1. The lowest BCUT2D eigenvalue weighted by Crippen LogP contribution is -2.00. The van der Waals surface area contributed by atoms with Crippen LogP contribution in [0.5, 0.6) is 0 Å². The molecule has 0 fully saturated rings. The zero-order chi connectivity index (χ0) is 12.1. The molecule has 0 radical (unpaired) electrons. The molecule has 1 aromatic carbocycles. The molecule has 3 nitrogen and oxygen atoms in total. The third kappa shape index (κ3) is 3.29. The van der Waals surface area contributed by atoms with Crippen LogP contribution in [0.3, 0.4) is 0 Å². The van der Waals surface area contributed by atoms with Crippen molar-refractivity contribution in [1.29, 1.82) is 0 Å². The molecule has 0 bridgehead atoms. The molecule has 1 N–H and O–H groups in total. The Kier molecular flexibility index (Phi) is 3.73. The molecular formula is C13H12ClN3. The molecule has 2 aromatic rings. The quantitative estimate of drug-likeness (QED) is 0.663. The van der Waals surface area contributed by atoms with Gasteiger partial charge >= 0.3 is 0 Å². The van der Waals surface area contributed by atoms with Crippen molar-refractivity contribution < 1.29 is 0 Å². The fourth-order valence-corrected chi connectivity index (χ4v) is 1.54. The van der Waals surface area contributed by atoms with E-state index in [1.807, 2.05) is 49.4 Å². The van der Waals surface area contributed by atoms with Crippen molar-refractivity contribution in [2.75, 3.05) is 5.43 Å². The van der Waals surface area contributed by atoms with Gasteiger partial charge in [-0.05, 0) is 36.8 Å². The molecule has 0 spiro atoms. The molecule has 0 atom stereocenters. The van der Waals surface area contributed by atoms with Gasteiger partial charge in [0, 0.05) is 11.2 Å². The molecule has 1 aromatic heterocycles. The molecule has 0 amide bonds. The van der Waals surface area contributed by atoms with Gasteiger partial charge < -0.3 is 0 Å². The number of halogens is 1. The zero-order valence-electron chi connectivity index (χ0n) is 9.39. The monoisotopic (exact) mass is 245 g/mol. The summed E-state index contributed by atoms with van der Waals surface area (Å²) in [5.74, 6) is 0.717. The predicted octanol–water partition coefficient (Wildman–Crippen LogP) is 3.57. The van der Waals surface area contributed by atoms with E-state index in [-0.39, 0.29) is 0 Å². The number of benzene rings is 1. The summed E-state index contributed by atoms with van der Waals surface area (Å²) in [6, 6.07) is 13.2. The standard InChI is InChI=1S/C13H12ClN3/c1-10(11-5-4-6-12(14)9-11)16-17-13-7-2-3-8-15-13/h2-9H,1H3,(H,15,17)/b16-10-. The Morgan fingerprint density at radius 1 is 1.24 bits per heavy atom. The van der Waals surface area contributed by atoms with Gasteiger partial charge in [-0.15, -0.1) is 0 Å². The van der Waals surface area contributed by atoms with Gasteiger partial charge in [0.05, 0.1) is 5.71 Å². The maximum atomic E-state index is 5.92. The highest BCUT2D eigenvalue weighted by Gasteiger charge is 1.98. The van der Waals surface area contributed by atoms with Crippen LogP contribution in [0.1, 0.15) is 12.5 Å². The van der Waals surface area contributed by atoms with Crippen LogP contribution >= 0.6 is 11.6 Å². The fourth-order valence-electron chi connectivity index (χ4n) is 1.35. The molecule has 0 saturated carbocycles. The van der Waals surface area contributed by atoms with Gasteiger partial charge in [0.15, 0.2) is 0 Å². The highest BCUT2D eigenvalue weighted by atomic mass is 35.5. The third-order valence-corrected chi connectivity index (χ3v) is 2.48. The normalized spacial score (nSPS) is 11.3. The number of anilines is 1. The lowest BCUT2D eigenvalue weighted by Gasteiger charge is -2.03. The van der Waals surface area contributed by atoms with Crippen molar-refractivity contribution in [2.45, 2.75) is 6.92 Å². The summed E-state index contributed by atoms with van der Waals surface area (Å²) in [5, 5.41) is 4.95. The SMILES string of the molecule is C/C(=N/Nc1ccccn1)c1cccc(Cl)c1. The molecule has 4 heteroatoms. The van der Waals surface area contributed by atoms with Gasteiger partial charge in [-0.3, -0.25) is 5.43 Å². The minimum atomic E-state index is 0.704. The van der Waals surface area contributed by atoms with Crippen LogP contribution in [0.15, 0.2) is 53.8 Å². The maximum Gasteiger partial charge on any atom is 0.146 e. The number of nitrogens with one attached hydrogen (secondary N) is 1. The molecule has 2 rings (SSSR count). The first kappa shape index (κ1) is 11.6. The smallest absolute Gasteiger partial charge is 0.146 e. The second-order valence-electron chi connectivity index (χ2n) is 3.53. The molecular weight excluding hydrogens is 234 g/mol. The first-order valence-electron chi connectivity index (χ1n) is 5.23. The second kappa shape index (κ2) is 5.46. The number of hydrogen-bond acceptors (Lipinski definition) is 3. The highest BCUT2D eigenvalue weighted by molar-refractivity contribution is 6.31. The van der Waals surface area contributed by atoms with Crippen LogP contribution in [0.2, 0.25) is 5.02 Å². The van der Waals surface area contributed by atoms with Crippen LogP contribution in [-0.4, -0.2) is 10.7 Å². The van der Waals surface area contributed by atoms with Crippen LogP contribution in [0.25, 0.3) is 0 Å². The van der Waals surface area contributed by atoms with Gasteiger partial charge in [-0.2, -0.15) is 5.10 Å². The first-order chi connectivity index (χ1) is 8.25. The molecule has 0 aliphatic rings. The van der Waals surface area contributed by atoms with Crippen LogP contribution in [-0.2, 0) is 0 Å². The van der Waals surface area contributed by atoms with Gasteiger partial charge in [0.2, 0.25) is 0 Å². The molecule has 86 valence electrons. The van der Waals surface area contributed by atoms with Gasteiger partial charge in [-0.25, -0.2) is 4.98 Å². The van der Waals surface area contributed by atoms with Crippen molar-refractivity contribution in [3.63, 3.8) is 0 Å². The molecule has 0 unspecified atom stereocenters. The van der Waals surface area contributed by atoms with E-state index in [4.69, 9.17) is 11.6 Å². The van der Waals surface area contributed by atoms with Crippen LogP contribution in [0.4, 0.5) is 5.82 Å². The molecule has 0 saturated heterocycles. The average molecular weight is 246 g/mol. The Balaban J connectivity index is 2.12. The number of rotatable bonds is 3. The Labute approximate surface area is 105 Å². The summed E-state index contributed by atoms with van der Waals surface area (Å²) in [6.07, 6.45) is 1.71. The number of nitrogens with zero attached hydrogens (tertiary/aromatic N) is 2. The number of pyridine rings is 1. The second-order valence-corrected chi connectivity index (χ2v) is 3.97. The van der Waals surface area contributed by atoms with Crippen molar-refractivity contribution >= 4 is 23.1 Å². The van der Waals surface area contributed by atoms with E-state index >= 15 is 0 Å². The van der Waals surface area contributed by atoms with E-state index in [0.717, 1.165) is 11.3 Å². The number of hydrazone groups is 1. The van der Waals surface area contributed by atoms with Gasteiger partial charge in [0.1, 0.15) is 5.82 Å². The van der Waals surface area contributed by atoms with Crippen molar-refractivity contribution in [3.05, 3.63) is 59.2 Å². The lowest BCUT2D eigenvalue weighted by atomic mass is 10.1. The summed E-state index contributed by atoms with van der Waals surface area (Å²) < 4.78 is 0. The fraction of sp³-hybridized carbons (Fsp3) is 0.0769. The summed E-state index contributed by atoms with van der Waals surface area (Å²) in [6.45, 7) is 1.92. The maximum absolute atomic E-state index is 5.92. The predicted molar refractivity (Wildman–Crippen MR) is 71.5 cm³/mol. The molecule has 1 heterocycles. The van der Waals surface area contributed by atoms with Crippen molar-refractivity contribution in [3.8, 4) is 0 Å². The third-order valence-electron chi connectivity index (χ3n) is 2.25. The van der Waals surface area contributed by atoms with E-state index in [2.05, 4.69) is 15.5 Å². The Hall–Kier alpha value is -1.87. The lowest BCUT2D eigenvalue weighted by molar-refractivity contribution is 1.22. The molecule has 0 aliphatic carbocycles.